The first-order chi connectivity index (χ1) is 12.3. The van der Waals surface area contributed by atoms with Crippen LogP contribution in [0.4, 0.5) is 0 Å². The summed E-state index contributed by atoms with van der Waals surface area (Å²) < 4.78 is 1.63. The number of likely N-dealkylation sites (tertiary alicyclic amines) is 2. The van der Waals surface area contributed by atoms with E-state index in [1.165, 1.54) is 6.42 Å². The fraction of sp³-hybridized carbons (Fsp3) is 0.750. The van der Waals surface area contributed by atoms with Gasteiger partial charge in [0.2, 0.25) is 5.91 Å². The predicted molar refractivity (Wildman–Crippen MR) is 102 cm³/mol. The van der Waals surface area contributed by atoms with Gasteiger partial charge in [-0.3, -0.25) is 9.59 Å². The van der Waals surface area contributed by atoms with Crippen molar-refractivity contribution in [1.29, 1.82) is 0 Å². The van der Waals surface area contributed by atoms with Crippen LogP contribution in [0.2, 0.25) is 0 Å². The van der Waals surface area contributed by atoms with Crippen LogP contribution in [0.1, 0.15) is 52.1 Å². The lowest BCUT2D eigenvalue weighted by Crippen LogP contribution is -2.52. The molecule has 1 aromatic rings. The molecule has 0 bridgehead atoms. The van der Waals surface area contributed by atoms with Gasteiger partial charge < -0.3 is 9.80 Å². The van der Waals surface area contributed by atoms with E-state index in [2.05, 4.69) is 30.8 Å². The van der Waals surface area contributed by atoms with Crippen molar-refractivity contribution >= 4 is 5.91 Å². The average Bonchev–Trinajstić information content (AvgIpc) is 2.74. The molecule has 0 aromatic carbocycles. The van der Waals surface area contributed by atoms with Gasteiger partial charge >= 0.3 is 0 Å². The van der Waals surface area contributed by atoms with E-state index in [1.54, 1.807) is 10.7 Å². The Kier molecular flexibility index (Phi) is 5.80. The van der Waals surface area contributed by atoms with Gasteiger partial charge in [-0.2, -0.15) is 5.10 Å². The molecular formula is C20H32N4O2. The second-order valence-electron chi connectivity index (χ2n) is 8.81. The summed E-state index contributed by atoms with van der Waals surface area (Å²) in [6.45, 7) is 11.7. The molecule has 2 aliphatic heterocycles. The molecule has 3 heterocycles. The minimum Gasteiger partial charge on any atom is -0.341 e. The second kappa shape index (κ2) is 7.91. The standard InChI is InChI=1S/C20H32N4O2/c1-20(2,3)17-8-9-19(26)24(21-17)15-16-13-22(14-16)11-12-23-10-6-4-5-7-18(23)25/h8-9,16H,4-7,10-15H2,1-3H3. The number of carbonyl (C=O) groups is 1. The summed E-state index contributed by atoms with van der Waals surface area (Å²) in [6, 6.07) is 3.47. The summed E-state index contributed by atoms with van der Waals surface area (Å²) in [5, 5.41) is 4.56. The molecule has 2 saturated heterocycles. The molecule has 0 aliphatic carbocycles. The lowest BCUT2D eigenvalue weighted by molar-refractivity contribution is -0.131. The van der Waals surface area contributed by atoms with Crippen LogP contribution in [0, 0.1) is 5.92 Å². The monoisotopic (exact) mass is 360 g/mol. The van der Waals surface area contributed by atoms with Crippen LogP contribution in [-0.4, -0.2) is 58.2 Å². The number of aromatic nitrogens is 2. The van der Waals surface area contributed by atoms with Gasteiger partial charge in [0.1, 0.15) is 0 Å². The number of nitrogens with zero attached hydrogens (tertiary/aromatic N) is 4. The number of amides is 1. The minimum atomic E-state index is -0.0548. The zero-order valence-electron chi connectivity index (χ0n) is 16.4. The minimum absolute atomic E-state index is 0.0217. The molecule has 1 aromatic heterocycles. The normalized spacial score (nSPS) is 20.1. The van der Waals surface area contributed by atoms with Gasteiger partial charge in [0, 0.05) is 56.5 Å². The van der Waals surface area contributed by atoms with Crippen molar-refractivity contribution in [3.05, 3.63) is 28.2 Å². The maximum atomic E-state index is 12.1. The van der Waals surface area contributed by atoms with Crippen LogP contribution in [-0.2, 0) is 16.8 Å². The van der Waals surface area contributed by atoms with Crippen molar-refractivity contribution in [2.24, 2.45) is 5.92 Å². The molecule has 2 aliphatic rings. The van der Waals surface area contributed by atoms with Crippen LogP contribution in [0.3, 0.4) is 0 Å². The maximum absolute atomic E-state index is 12.1. The summed E-state index contributed by atoms with van der Waals surface area (Å²) in [5.41, 5.74) is 0.875. The third kappa shape index (κ3) is 4.72. The summed E-state index contributed by atoms with van der Waals surface area (Å²) >= 11 is 0. The predicted octanol–water partition coefficient (Wildman–Crippen LogP) is 1.88. The van der Waals surface area contributed by atoms with Gasteiger partial charge in [0.25, 0.3) is 5.56 Å². The van der Waals surface area contributed by atoms with Gasteiger partial charge in [-0.05, 0) is 18.9 Å². The molecule has 6 heteroatoms. The highest BCUT2D eigenvalue weighted by atomic mass is 16.2. The van der Waals surface area contributed by atoms with Crippen molar-refractivity contribution in [3.8, 4) is 0 Å². The average molecular weight is 361 g/mol. The third-order valence-electron chi connectivity index (χ3n) is 5.46. The van der Waals surface area contributed by atoms with E-state index in [-0.39, 0.29) is 11.0 Å². The largest absolute Gasteiger partial charge is 0.341 e. The summed E-state index contributed by atoms with van der Waals surface area (Å²) in [4.78, 5) is 28.6. The number of hydrogen-bond acceptors (Lipinski definition) is 4. The lowest BCUT2D eigenvalue weighted by Gasteiger charge is -2.40. The zero-order valence-corrected chi connectivity index (χ0v) is 16.4. The Balaban J connectivity index is 1.47. The Morgan fingerprint density at radius 1 is 1.08 bits per heavy atom. The molecule has 0 spiro atoms. The van der Waals surface area contributed by atoms with Crippen LogP contribution in [0.25, 0.3) is 0 Å². The van der Waals surface area contributed by atoms with Crippen molar-refractivity contribution < 1.29 is 4.79 Å². The molecule has 2 fully saturated rings. The Morgan fingerprint density at radius 3 is 2.58 bits per heavy atom. The van der Waals surface area contributed by atoms with Crippen molar-refractivity contribution in [2.75, 3.05) is 32.7 Å². The fourth-order valence-corrected chi connectivity index (χ4v) is 3.74. The van der Waals surface area contributed by atoms with E-state index in [1.807, 2.05) is 11.0 Å². The molecule has 3 rings (SSSR count). The van der Waals surface area contributed by atoms with E-state index in [4.69, 9.17) is 0 Å². The lowest BCUT2D eigenvalue weighted by atomic mass is 9.92. The molecule has 0 unspecified atom stereocenters. The van der Waals surface area contributed by atoms with Crippen LogP contribution < -0.4 is 5.56 Å². The fourth-order valence-electron chi connectivity index (χ4n) is 3.74. The molecule has 6 nitrogen and oxygen atoms in total. The Labute approximate surface area is 156 Å². The summed E-state index contributed by atoms with van der Waals surface area (Å²) in [5.74, 6) is 0.782. The molecule has 0 atom stereocenters. The van der Waals surface area contributed by atoms with Crippen LogP contribution in [0.5, 0.6) is 0 Å². The van der Waals surface area contributed by atoms with Gasteiger partial charge in [0.15, 0.2) is 0 Å². The van der Waals surface area contributed by atoms with Gasteiger partial charge in [0.05, 0.1) is 12.2 Å². The zero-order chi connectivity index (χ0) is 18.7. The Bertz CT molecular complexity index is 686. The SMILES string of the molecule is CC(C)(C)c1ccc(=O)n(CC2CN(CCN3CCCCCC3=O)C2)n1. The van der Waals surface area contributed by atoms with E-state index < -0.39 is 0 Å². The first-order valence-electron chi connectivity index (χ1n) is 9.92. The number of carbonyl (C=O) groups excluding carboxylic acids is 1. The highest BCUT2D eigenvalue weighted by Gasteiger charge is 2.28. The first-order valence-corrected chi connectivity index (χ1v) is 9.92. The van der Waals surface area contributed by atoms with E-state index in [0.29, 0.717) is 24.8 Å². The Morgan fingerprint density at radius 2 is 1.85 bits per heavy atom. The van der Waals surface area contributed by atoms with Gasteiger partial charge in [-0.15, -0.1) is 0 Å². The van der Waals surface area contributed by atoms with Gasteiger partial charge in [-0.25, -0.2) is 4.68 Å². The molecule has 26 heavy (non-hydrogen) atoms. The quantitative estimate of drug-likeness (QED) is 0.804. The van der Waals surface area contributed by atoms with Gasteiger partial charge in [-0.1, -0.05) is 27.2 Å². The van der Waals surface area contributed by atoms with Crippen LogP contribution in [0.15, 0.2) is 16.9 Å². The van der Waals surface area contributed by atoms with Crippen molar-refractivity contribution in [1.82, 2.24) is 19.6 Å². The van der Waals surface area contributed by atoms with E-state index in [9.17, 15) is 9.59 Å². The van der Waals surface area contributed by atoms with E-state index >= 15 is 0 Å². The maximum Gasteiger partial charge on any atom is 0.266 e. The van der Waals surface area contributed by atoms with Crippen molar-refractivity contribution in [3.63, 3.8) is 0 Å². The smallest absolute Gasteiger partial charge is 0.266 e. The molecule has 144 valence electrons. The number of hydrogen-bond donors (Lipinski definition) is 0. The van der Waals surface area contributed by atoms with Crippen LogP contribution >= 0.6 is 0 Å². The third-order valence-corrected chi connectivity index (χ3v) is 5.46. The summed E-state index contributed by atoms with van der Waals surface area (Å²) in [7, 11) is 0. The summed E-state index contributed by atoms with van der Waals surface area (Å²) in [6.07, 6.45) is 4.05. The molecule has 0 radical (unpaired) electrons. The molecule has 0 saturated carbocycles. The highest BCUT2D eigenvalue weighted by Crippen LogP contribution is 2.20. The number of rotatable bonds is 5. The molecule has 1 amide bonds. The molecule has 0 N–H and O–H groups in total. The van der Waals surface area contributed by atoms with Crippen molar-refractivity contribution in [2.45, 2.75) is 58.4 Å². The van der Waals surface area contributed by atoms with E-state index in [0.717, 1.165) is 51.3 Å². The Hall–Kier alpha value is -1.69. The first kappa shape index (κ1) is 19.1. The second-order valence-corrected chi connectivity index (χ2v) is 8.81. The molecular weight excluding hydrogens is 328 g/mol. The highest BCUT2D eigenvalue weighted by molar-refractivity contribution is 5.76. The topological polar surface area (TPSA) is 58.4 Å².